The van der Waals surface area contributed by atoms with E-state index < -0.39 is 11.4 Å². The number of carboxylic acids is 1. The van der Waals surface area contributed by atoms with Crippen LogP contribution in [-0.4, -0.2) is 42.2 Å². The second kappa shape index (κ2) is 6.81. The molecule has 0 spiro atoms. The van der Waals surface area contributed by atoms with E-state index in [0.29, 0.717) is 13.1 Å². The van der Waals surface area contributed by atoms with E-state index in [2.05, 4.69) is 4.90 Å². The molecule has 4 nitrogen and oxygen atoms in total. The average molecular weight is 334 g/mol. The Morgan fingerprint density at radius 3 is 2.25 bits per heavy atom. The van der Waals surface area contributed by atoms with E-state index in [-0.39, 0.29) is 11.2 Å². The summed E-state index contributed by atoms with van der Waals surface area (Å²) >= 11 is 0. The van der Waals surface area contributed by atoms with Crippen molar-refractivity contribution in [3.8, 4) is 0 Å². The normalized spacial score (nSPS) is 22.8. The van der Waals surface area contributed by atoms with Crippen LogP contribution in [0.4, 0.5) is 4.39 Å². The van der Waals surface area contributed by atoms with E-state index in [1.165, 1.54) is 12.1 Å². The Balaban J connectivity index is 1.59. The maximum Gasteiger partial charge on any atom is 0.310 e. The molecule has 1 aliphatic heterocycles. The monoisotopic (exact) mass is 334 g/mol. The van der Waals surface area contributed by atoms with E-state index in [4.69, 9.17) is 5.73 Å². The lowest BCUT2D eigenvalue weighted by atomic mass is 9.67. The van der Waals surface area contributed by atoms with Crippen LogP contribution in [0.5, 0.6) is 0 Å². The standard InChI is InChI=1S/C19H27FN2O2/c20-16-4-2-15(3-5-16)12-18(13-21)8-10-22(11-9-18)14-19(17(23)24)6-1-7-19/h2-5H,1,6-14,21H2,(H,23,24). The van der Waals surface area contributed by atoms with Gasteiger partial charge in [-0.1, -0.05) is 18.6 Å². The molecule has 0 unspecified atom stereocenters. The van der Waals surface area contributed by atoms with Gasteiger partial charge in [-0.05, 0) is 74.8 Å². The third-order valence-corrected chi connectivity index (χ3v) is 6.13. The molecule has 132 valence electrons. The number of hydrogen-bond donors (Lipinski definition) is 2. The van der Waals surface area contributed by atoms with Gasteiger partial charge >= 0.3 is 5.97 Å². The zero-order chi connectivity index (χ0) is 17.2. The van der Waals surface area contributed by atoms with Crippen LogP contribution in [0.15, 0.2) is 24.3 Å². The van der Waals surface area contributed by atoms with Crippen LogP contribution in [0.1, 0.15) is 37.7 Å². The number of nitrogens with two attached hydrogens (primary N) is 1. The van der Waals surface area contributed by atoms with Gasteiger partial charge in [0, 0.05) is 6.54 Å². The summed E-state index contributed by atoms with van der Waals surface area (Å²) in [4.78, 5) is 13.8. The number of likely N-dealkylation sites (tertiary alicyclic amines) is 1. The Morgan fingerprint density at radius 1 is 1.17 bits per heavy atom. The van der Waals surface area contributed by atoms with Gasteiger partial charge in [-0.2, -0.15) is 0 Å². The molecule has 1 aromatic carbocycles. The quantitative estimate of drug-likeness (QED) is 0.839. The van der Waals surface area contributed by atoms with Gasteiger partial charge in [-0.25, -0.2) is 4.39 Å². The molecule has 5 heteroatoms. The Bertz CT molecular complexity index is 576. The highest BCUT2D eigenvalue weighted by Crippen LogP contribution is 2.43. The third kappa shape index (κ3) is 3.47. The number of aliphatic carboxylic acids is 1. The number of benzene rings is 1. The fraction of sp³-hybridized carbons (Fsp3) is 0.632. The van der Waals surface area contributed by atoms with Crippen molar-refractivity contribution in [1.82, 2.24) is 4.90 Å². The van der Waals surface area contributed by atoms with Gasteiger partial charge in [-0.15, -0.1) is 0 Å². The Morgan fingerprint density at radius 2 is 1.79 bits per heavy atom. The van der Waals surface area contributed by atoms with Gasteiger partial charge in [0.2, 0.25) is 0 Å². The second-order valence-electron chi connectivity index (χ2n) is 7.72. The van der Waals surface area contributed by atoms with Gasteiger partial charge in [0.15, 0.2) is 0 Å². The van der Waals surface area contributed by atoms with Crippen LogP contribution in [0.25, 0.3) is 0 Å². The number of carbonyl (C=O) groups is 1. The SMILES string of the molecule is NCC1(Cc2ccc(F)cc2)CCN(CC2(C(=O)O)CCC2)CC1. The third-order valence-electron chi connectivity index (χ3n) is 6.13. The lowest BCUT2D eigenvalue weighted by Gasteiger charge is -2.46. The molecule has 3 rings (SSSR count). The molecule has 1 aromatic rings. The second-order valence-corrected chi connectivity index (χ2v) is 7.72. The van der Waals surface area contributed by atoms with Crippen LogP contribution in [0.2, 0.25) is 0 Å². The van der Waals surface area contributed by atoms with Crippen molar-refractivity contribution < 1.29 is 14.3 Å². The Hall–Kier alpha value is -1.46. The number of piperidine rings is 1. The molecule has 0 radical (unpaired) electrons. The smallest absolute Gasteiger partial charge is 0.310 e. The largest absolute Gasteiger partial charge is 0.481 e. The molecule has 0 atom stereocenters. The molecule has 1 saturated heterocycles. The van der Waals surface area contributed by atoms with E-state index >= 15 is 0 Å². The zero-order valence-electron chi connectivity index (χ0n) is 14.1. The predicted octanol–water partition coefficient (Wildman–Crippen LogP) is 2.66. The first-order valence-electron chi connectivity index (χ1n) is 8.87. The van der Waals surface area contributed by atoms with Crippen LogP contribution in [0, 0.1) is 16.6 Å². The number of halogens is 1. The molecule has 1 saturated carbocycles. The minimum Gasteiger partial charge on any atom is -0.481 e. The summed E-state index contributed by atoms with van der Waals surface area (Å²) in [5, 5.41) is 9.50. The topological polar surface area (TPSA) is 66.6 Å². The summed E-state index contributed by atoms with van der Waals surface area (Å²) in [6.45, 7) is 3.07. The van der Waals surface area contributed by atoms with Gasteiger partial charge in [0.05, 0.1) is 5.41 Å². The lowest BCUT2D eigenvalue weighted by molar-refractivity contribution is -0.156. The predicted molar refractivity (Wildman–Crippen MR) is 91.2 cm³/mol. The molecular formula is C19H27FN2O2. The van der Waals surface area contributed by atoms with E-state index in [1.54, 1.807) is 0 Å². The fourth-order valence-electron chi connectivity index (χ4n) is 4.15. The molecule has 0 bridgehead atoms. The summed E-state index contributed by atoms with van der Waals surface area (Å²) in [6.07, 6.45) is 5.43. The molecule has 0 aromatic heterocycles. The summed E-state index contributed by atoms with van der Waals surface area (Å²) in [6, 6.07) is 6.68. The van der Waals surface area contributed by atoms with Crippen molar-refractivity contribution in [2.45, 2.75) is 38.5 Å². The minimum absolute atomic E-state index is 0.0460. The summed E-state index contributed by atoms with van der Waals surface area (Å²) in [7, 11) is 0. The lowest BCUT2D eigenvalue weighted by Crippen LogP contribution is -2.52. The van der Waals surface area contributed by atoms with Crippen molar-refractivity contribution in [2.75, 3.05) is 26.2 Å². The van der Waals surface area contributed by atoms with Crippen LogP contribution >= 0.6 is 0 Å². The molecule has 0 amide bonds. The maximum atomic E-state index is 13.1. The van der Waals surface area contributed by atoms with E-state index in [1.807, 2.05) is 12.1 Å². The van der Waals surface area contributed by atoms with Crippen molar-refractivity contribution in [1.29, 1.82) is 0 Å². The maximum absolute atomic E-state index is 13.1. The van der Waals surface area contributed by atoms with E-state index in [0.717, 1.165) is 57.2 Å². The van der Waals surface area contributed by atoms with Crippen LogP contribution < -0.4 is 5.73 Å². The molecule has 24 heavy (non-hydrogen) atoms. The summed E-state index contributed by atoms with van der Waals surface area (Å²) in [5.41, 5.74) is 6.74. The van der Waals surface area contributed by atoms with E-state index in [9.17, 15) is 14.3 Å². The number of nitrogens with zero attached hydrogens (tertiary/aromatic N) is 1. The minimum atomic E-state index is -0.643. The molecule has 3 N–H and O–H groups in total. The van der Waals surface area contributed by atoms with Gasteiger partial charge in [0.1, 0.15) is 5.82 Å². The Labute approximate surface area is 142 Å². The number of carboxylic acid groups (broad SMARTS) is 1. The van der Waals surface area contributed by atoms with Gasteiger partial charge < -0.3 is 15.7 Å². The fourth-order valence-corrected chi connectivity index (χ4v) is 4.15. The van der Waals surface area contributed by atoms with Gasteiger partial charge in [0.25, 0.3) is 0 Å². The van der Waals surface area contributed by atoms with Crippen molar-refractivity contribution in [3.63, 3.8) is 0 Å². The zero-order valence-corrected chi connectivity index (χ0v) is 14.1. The molecule has 2 fully saturated rings. The molecular weight excluding hydrogens is 307 g/mol. The van der Waals surface area contributed by atoms with Crippen LogP contribution in [-0.2, 0) is 11.2 Å². The van der Waals surface area contributed by atoms with Crippen molar-refractivity contribution in [2.24, 2.45) is 16.6 Å². The first-order chi connectivity index (χ1) is 11.5. The van der Waals surface area contributed by atoms with Crippen LogP contribution in [0.3, 0.4) is 0 Å². The summed E-state index contributed by atoms with van der Waals surface area (Å²) in [5.74, 6) is -0.856. The Kier molecular flexibility index (Phi) is 4.92. The summed E-state index contributed by atoms with van der Waals surface area (Å²) < 4.78 is 13.1. The number of hydrogen-bond acceptors (Lipinski definition) is 3. The van der Waals surface area contributed by atoms with Gasteiger partial charge in [-0.3, -0.25) is 4.79 Å². The number of rotatable bonds is 6. The first-order valence-corrected chi connectivity index (χ1v) is 8.87. The average Bonchev–Trinajstić information content (AvgIpc) is 2.54. The molecule has 1 aliphatic carbocycles. The van der Waals surface area contributed by atoms with Crippen molar-refractivity contribution >= 4 is 5.97 Å². The highest BCUT2D eigenvalue weighted by Gasteiger charge is 2.46. The highest BCUT2D eigenvalue weighted by molar-refractivity contribution is 5.76. The molecule has 1 heterocycles. The molecule has 2 aliphatic rings. The first kappa shape index (κ1) is 17.4. The van der Waals surface area contributed by atoms with Crippen molar-refractivity contribution in [3.05, 3.63) is 35.6 Å². The highest BCUT2D eigenvalue weighted by atomic mass is 19.1.